The Morgan fingerprint density at radius 3 is 2.38 bits per heavy atom. The molecule has 0 saturated heterocycles. The first-order valence-electron chi connectivity index (χ1n) is 12.0. The number of hydrogen-bond donors (Lipinski definition) is 0. The summed E-state index contributed by atoms with van der Waals surface area (Å²) in [5.41, 5.74) is -0.321. The molecule has 0 radical (unpaired) electrons. The van der Waals surface area contributed by atoms with Gasteiger partial charge in [0.1, 0.15) is 11.1 Å². The Morgan fingerprint density at radius 1 is 1.00 bits per heavy atom. The fraction of sp³-hybridized carbons (Fsp3) is 0.444. The minimum absolute atomic E-state index is 0.0373. The summed E-state index contributed by atoms with van der Waals surface area (Å²) in [6.07, 6.45) is 5.19. The summed E-state index contributed by atoms with van der Waals surface area (Å²) < 4.78 is 17.4. The van der Waals surface area contributed by atoms with Crippen molar-refractivity contribution in [2.24, 2.45) is 4.99 Å². The lowest BCUT2D eigenvalue weighted by molar-refractivity contribution is -0.142. The van der Waals surface area contributed by atoms with Crippen LogP contribution < -0.4 is 0 Å². The lowest BCUT2D eigenvalue weighted by atomic mass is 9.83. The van der Waals surface area contributed by atoms with Gasteiger partial charge in [-0.25, -0.2) is 14.6 Å². The number of ether oxygens (including phenoxy) is 3. The molecule has 1 unspecified atom stereocenters. The van der Waals surface area contributed by atoms with E-state index in [0.29, 0.717) is 0 Å². The molecular weight excluding hydrogens is 498 g/mol. The smallest absolute Gasteiger partial charge is 0.344 e. The molecule has 2 aromatic carbocycles. The van der Waals surface area contributed by atoms with Gasteiger partial charge in [-0.1, -0.05) is 77.7 Å². The van der Waals surface area contributed by atoms with E-state index in [2.05, 4.69) is 15.9 Å². The molecule has 0 amide bonds. The molecule has 6 nitrogen and oxygen atoms in total. The first-order valence-corrected chi connectivity index (χ1v) is 13.1. The largest absolute Gasteiger partial charge is 0.462 e. The third-order valence-corrected chi connectivity index (χ3v) is 7.17. The van der Waals surface area contributed by atoms with Gasteiger partial charge in [-0.15, -0.1) is 0 Å². The molecule has 1 aliphatic heterocycles. The summed E-state index contributed by atoms with van der Waals surface area (Å²) in [6.45, 7) is 3.81. The number of rotatable bonds is 7. The Bertz CT molecular complexity index is 1130. The van der Waals surface area contributed by atoms with Crippen molar-refractivity contribution in [2.45, 2.75) is 57.6 Å². The Kier molecular flexibility index (Phi) is 7.71. The molecule has 1 heterocycles. The quantitative estimate of drug-likeness (QED) is 0.345. The topological polar surface area (TPSA) is 74.2 Å². The highest BCUT2D eigenvalue weighted by atomic mass is 79.9. The second kappa shape index (κ2) is 10.7. The van der Waals surface area contributed by atoms with E-state index in [0.717, 1.165) is 42.0 Å². The van der Waals surface area contributed by atoms with Crippen LogP contribution in [0.1, 0.15) is 51.5 Å². The average molecular weight is 528 g/mol. The van der Waals surface area contributed by atoms with Gasteiger partial charge in [0.2, 0.25) is 5.90 Å². The predicted molar refractivity (Wildman–Crippen MR) is 135 cm³/mol. The summed E-state index contributed by atoms with van der Waals surface area (Å²) in [6, 6.07) is 13.8. The summed E-state index contributed by atoms with van der Waals surface area (Å²) in [7, 11) is 0. The Morgan fingerprint density at radius 2 is 1.68 bits per heavy atom. The van der Waals surface area contributed by atoms with Crippen LogP contribution in [-0.2, 0) is 29.4 Å². The van der Waals surface area contributed by atoms with E-state index >= 15 is 0 Å². The third-order valence-electron chi connectivity index (χ3n) is 6.39. The summed E-state index contributed by atoms with van der Waals surface area (Å²) in [4.78, 5) is 31.6. The molecule has 1 atom stereocenters. The maximum absolute atomic E-state index is 13.4. The number of hydrogen-bond acceptors (Lipinski definition) is 6. The number of benzene rings is 2. The molecule has 0 bridgehead atoms. The first kappa shape index (κ1) is 24.5. The zero-order valence-electron chi connectivity index (χ0n) is 19.6. The molecule has 0 spiro atoms. The second-order valence-corrected chi connectivity index (χ2v) is 9.07. The lowest BCUT2D eigenvalue weighted by Gasteiger charge is -2.30. The van der Waals surface area contributed by atoms with Crippen LogP contribution in [0.5, 0.6) is 0 Å². The highest BCUT2D eigenvalue weighted by molar-refractivity contribution is 9.09. The molecule has 180 valence electrons. The number of fused-ring (bicyclic) bond motifs is 1. The second-order valence-electron chi connectivity index (χ2n) is 8.51. The van der Waals surface area contributed by atoms with Crippen molar-refractivity contribution in [1.29, 1.82) is 0 Å². The average Bonchev–Trinajstić information content (AvgIpc) is 3.19. The number of nitrogens with zero attached hydrogens (tertiary/aromatic N) is 1. The number of carbonyl (C=O) groups is 2. The van der Waals surface area contributed by atoms with Crippen molar-refractivity contribution in [3.05, 3.63) is 59.2 Å². The molecule has 2 aliphatic rings. The fourth-order valence-corrected chi connectivity index (χ4v) is 5.54. The number of carbonyl (C=O) groups excluding carboxylic acids is 2. The van der Waals surface area contributed by atoms with E-state index in [1.165, 1.54) is 6.42 Å². The van der Waals surface area contributed by atoms with Gasteiger partial charge in [-0.2, -0.15) is 0 Å². The summed E-state index contributed by atoms with van der Waals surface area (Å²) in [5.74, 6) is -1.06. The molecule has 34 heavy (non-hydrogen) atoms. The van der Waals surface area contributed by atoms with Crippen LogP contribution in [0, 0.1) is 0 Å². The standard InChI is InChI=1S/C27H30BrNO5/c1-3-32-25(30)22-23(26(31)33-4-2)27(17-28,34-24(22)29-19-13-6-5-7-14-19)21-16-10-12-18-11-8-9-15-20(18)21/h8-12,15-16,19H,3-7,13-14,17H2,1-2H3. The molecule has 1 fully saturated rings. The van der Waals surface area contributed by atoms with Gasteiger partial charge in [0.15, 0.2) is 5.60 Å². The molecular formula is C27H30BrNO5. The third kappa shape index (κ3) is 4.50. The lowest BCUT2D eigenvalue weighted by Crippen LogP contribution is -2.35. The van der Waals surface area contributed by atoms with E-state index in [-0.39, 0.29) is 41.6 Å². The van der Waals surface area contributed by atoms with Gasteiger partial charge in [-0.3, -0.25) is 0 Å². The van der Waals surface area contributed by atoms with Crippen LogP contribution in [0.3, 0.4) is 0 Å². The van der Waals surface area contributed by atoms with Crippen LogP contribution in [0.4, 0.5) is 0 Å². The van der Waals surface area contributed by atoms with E-state index in [1.54, 1.807) is 13.8 Å². The maximum atomic E-state index is 13.4. The van der Waals surface area contributed by atoms with Crippen LogP contribution in [-0.4, -0.2) is 42.4 Å². The number of esters is 2. The van der Waals surface area contributed by atoms with E-state index in [4.69, 9.17) is 19.2 Å². The van der Waals surface area contributed by atoms with E-state index in [1.807, 2.05) is 42.5 Å². The zero-order chi connectivity index (χ0) is 24.1. The Hall–Kier alpha value is -2.67. The highest BCUT2D eigenvalue weighted by Gasteiger charge is 2.54. The molecule has 1 aliphatic carbocycles. The normalized spacial score (nSPS) is 22.1. The summed E-state index contributed by atoms with van der Waals surface area (Å²) in [5, 5.41) is 2.16. The minimum atomic E-state index is -1.29. The zero-order valence-corrected chi connectivity index (χ0v) is 21.2. The molecule has 0 N–H and O–H groups in total. The molecule has 7 heteroatoms. The van der Waals surface area contributed by atoms with Crippen LogP contribution in [0.25, 0.3) is 10.8 Å². The van der Waals surface area contributed by atoms with Crippen LogP contribution >= 0.6 is 15.9 Å². The molecule has 4 rings (SSSR count). The van der Waals surface area contributed by atoms with Crippen molar-refractivity contribution in [2.75, 3.05) is 18.5 Å². The van der Waals surface area contributed by atoms with Crippen LogP contribution in [0.2, 0.25) is 0 Å². The first-order chi connectivity index (χ1) is 16.6. The molecule has 2 aromatic rings. The van der Waals surface area contributed by atoms with E-state index in [9.17, 15) is 9.59 Å². The predicted octanol–water partition coefficient (Wildman–Crippen LogP) is 5.61. The monoisotopic (exact) mass is 527 g/mol. The SMILES string of the molecule is CCOC(=O)C1=C(C(=O)OCC)C(CBr)(c2cccc3ccccc23)OC1=NC1CCCCC1. The fourth-order valence-electron chi connectivity index (χ4n) is 4.84. The van der Waals surface area contributed by atoms with Crippen molar-refractivity contribution >= 4 is 44.5 Å². The minimum Gasteiger partial charge on any atom is -0.462 e. The van der Waals surface area contributed by atoms with E-state index < -0.39 is 17.5 Å². The summed E-state index contributed by atoms with van der Waals surface area (Å²) >= 11 is 3.61. The van der Waals surface area contributed by atoms with Gasteiger partial charge in [0, 0.05) is 5.56 Å². The van der Waals surface area contributed by atoms with Crippen molar-refractivity contribution in [3.63, 3.8) is 0 Å². The molecule has 1 saturated carbocycles. The van der Waals surface area contributed by atoms with Crippen molar-refractivity contribution in [1.82, 2.24) is 0 Å². The van der Waals surface area contributed by atoms with Gasteiger partial charge >= 0.3 is 11.9 Å². The molecule has 0 aromatic heterocycles. The number of alkyl halides is 1. The van der Waals surface area contributed by atoms with Gasteiger partial charge in [-0.05, 0) is 37.5 Å². The van der Waals surface area contributed by atoms with Gasteiger partial charge in [0.05, 0.1) is 24.6 Å². The van der Waals surface area contributed by atoms with Gasteiger partial charge < -0.3 is 14.2 Å². The van der Waals surface area contributed by atoms with Crippen molar-refractivity contribution in [3.8, 4) is 0 Å². The van der Waals surface area contributed by atoms with Crippen LogP contribution in [0.15, 0.2) is 58.6 Å². The Labute approximate surface area is 208 Å². The maximum Gasteiger partial charge on any atom is 0.344 e. The highest BCUT2D eigenvalue weighted by Crippen LogP contribution is 2.47. The number of halogens is 1. The number of aliphatic imine (C=N–C) groups is 1. The van der Waals surface area contributed by atoms with Gasteiger partial charge in [0.25, 0.3) is 0 Å². The van der Waals surface area contributed by atoms with Crippen molar-refractivity contribution < 1.29 is 23.8 Å². The Balaban J connectivity index is 1.98.